The Balaban J connectivity index is 2.64. The van der Waals surface area contributed by atoms with Gasteiger partial charge in [0.2, 0.25) is 0 Å². The average Bonchev–Trinajstić information content (AvgIpc) is 2.15. The van der Waals surface area contributed by atoms with Gasteiger partial charge in [-0.15, -0.1) is 0 Å². The summed E-state index contributed by atoms with van der Waals surface area (Å²) in [7, 11) is 0. The van der Waals surface area contributed by atoms with Crippen molar-refractivity contribution in [3.63, 3.8) is 0 Å². The summed E-state index contributed by atoms with van der Waals surface area (Å²) < 4.78 is 5.14. The number of carboxylic acid groups (broad SMARTS) is 1. The lowest BCUT2D eigenvalue weighted by atomic mass is 10.2. The molecule has 0 unspecified atom stereocenters. The molecule has 0 atom stereocenters. The molecule has 1 aromatic rings. The lowest BCUT2D eigenvalue weighted by Crippen LogP contribution is -2.17. The molecule has 74 valence electrons. The molecular formula is C9H9NO3S. The van der Waals surface area contributed by atoms with Gasteiger partial charge in [-0.2, -0.15) is 0 Å². The fourth-order valence-electron chi connectivity index (χ4n) is 0.848. The van der Waals surface area contributed by atoms with E-state index in [1.807, 2.05) is 0 Å². The Labute approximate surface area is 86.3 Å². The zero-order valence-electron chi connectivity index (χ0n) is 7.27. The Morgan fingerprint density at radius 2 is 2.00 bits per heavy atom. The van der Waals surface area contributed by atoms with Crippen molar-refractivity contribution in [1.82, 2.24) is 0 Å². The maximum absolute atomic E-state index is 10.5. The summed E-state index contributed by atoms with van der Waals surface area (Å²) in [6.07, 6.45) is 0. The molecule has 0 aliphatic rings. The number of carboxylic acids is 1. The molecule has 0 amide bonds. The smallest absolute Gasteiger partial charge is 0.335 e. The Kier molecular flexibility index (Phi) is 3.41. The van der Waals surface area contributed by atoms with Crippen molar-refractivity contribution in [2.45, 2.75) is 0 Å². The van der Waals surface area contributed by atoms with Gasteiger partial charge in [0.05, 0.1) is 5.56 Å². The number of benzene rings is 1. The summed E-state index contributed by atoms with van der Waals surface area (Å²) in [5, 5.41) is 8.61. The van der Waals surface area contributed by atoms with Gasteiger partial charge >= 0.3 is 5.97 Å². The summed E-state index contributed by atoms with van der Waals surface area (Å²) in [6, 6.07) is 6.03. The number of hydrogen-bond acceptors (Lipinski definition) is 3. The van der Waals surface area contributed by atoms with E-state index in [1.165, 1.54) is 12.1 Å². The maximum Gasteiger partial charge on any atom is 0.335 e. The van der Waals surface area contributed by atoms with Gasteiger partial charge < -0.3 is 15.6 Å². The maximum atomic E-state index is 10.5. The molecule has 5 heteroatoms. The van der Waals surface area contributed by atoms with Crippen LogP contribution >= 0.6 is 12.2 Å². The van der Waals surface area contributed by atoms with E-state index in [1.54, 1.807) is 12.1 Å². The van der Waals surface area contributed by atoms with Gasteiger partial charge in [0.1, 0.15) is 17.3 Å². The second kappa shape index (κ2) is 4.57. The highest BCUT2D eigenvalue weighted by Gasteiger charge is 2.01. The molecule has 1 aromatic carbocycles. The van der Waals surface area contributed by atoms with Crippen LogP contribution in [0, 0.1) is 0 Å². The first-order valence-electron chi connectivity index (χ1n) is 3.84. The van der Waals surface area contributed by atoms with E-state index in [0.29, 0.717) is 5.75 Å². The number of hydrogen-bond donors (Lipinski definition) is 2. The molecule has 0 heterocycles. The van der Waals surface area contributed by atoms with Crippen LogP contribution in [0.2, 0.25) is 0 Å². The third-order valence-corrected chi connectivity index (χ3v) is 1.60. The molecule has 0 saturated carbocycles. The van der Waals surface area contributed by atoms with Crippen LogP contribution in [0.5, 0.6) is 5.75 Å². The predicted octanol–water partition coefficient (Wildman–Crippen LogP) is 1.05. The number of rotatable bonds is 4. The van der Waals surface area contributed by atoms with Crippen molar-refractivity contribution in [2.24, 2.45) is 5.73 Å². The van der Waals surface area contributed by atoms with Crippen LogP contribution in [0.1, 0.15) is 10.4 Å². The van der Waals surface area contributed by atoms with Gasteiger partial charge in [0, 0.05) is 0 Å². The van der Waals surface area contributed by atoms with Crippen molar-refractivity contribution in [3.05, 3.63) is 29.8 Å². The molecule has 0 fully saturated rings. The minimum Gasteiger partial charge on any atom is -0.487 e. The standard InChI is InChI=1S/C9H9NO3S/c10-8(14)5-13-7-3-1-6(2-4-7)9(11)12/h1-4H,5H2,(H2,10,14)(H,11,12). The highest BCUT2D eigenvalue weighted by Crippen LogP contribution is 2.11. The van der Waals surface area contributed by atoms with Crippen molar-refractivity contribution < 1.29 is 14.6 Å². The SMILES string of the molecule is NC(=S)COc1ccc(C(=O)O)cc1. The van der Waals surface area contributed by atoms with E-state index in [2.05, 4.69) is 12.2 Å². The zero-order chi connectivity index (χ0) is 10.6. The number of nitrogens with two attached hydrogens (primary N) is 1. The van der Waals surface area contributed by atoms with E-state index < -0.39 is 5.97 Å². The minimum absolute atomic E-state index is 0.155. The van der Waals surface area contributed by atoms with Crippen LogP contribution in [-0.4, -0.2) is 22.7 Å². The Morgan fingerprint density at radius 3 is 2.43 bits per heavy atom. The fraction of sp³-hybridized carbons (Fsp3) is 0.111. The molecule has 14 heavy (non-hydrogen) atoms. The Hall–Kier alpha value is -1.62. The van der Waals surface area contributed by atoms with E-state index in [9.17, 15) is 4.79 Å². The first-order valence-corrected chi connectivity index (χ1v) is 4.25. The van der Waals surface area contributed by atoms with E-state index in [0.717, 1.165) is 0 Å². The van der Waals surface area contributed by atoms with Gasteiger partial charge in [-0.05, 0) is 24.3 Å². The molecule has 4 nitrogen and oxygen atoms in total. The predicted molar refractivity (Wildman–Crippen MR) is 55.7 cm³/mol. The summed E-state index contributed by atoms with van der Waals surface area (Å²) >= 11 is 4.62. The van der Waals surface area contributed by atoms with Crippen molar-refractivity contribution in [3.8, 4) is 5.75 Å². The molecule has 0 radical (unpaired) electrons. The normalized spacial score (nSPS) is 9.43. The molecular weight excluding hydrogens is 202 g/mol. The summed E-state index contributed by atoms with van der Waals surface area (Å²) in [4.78, 5) is 10.8. The minimum atomic E-state index is -0.967. The number of thiocarbonyl (C=S) groups is 1. The van der Waals surface area contributed by atoms with Gasteiger partial charge in [-0.1, -0.05) is 12.2 Å². The first-order chi connectivity index (χ1) is 6.59. The molecule has 0 spiro atoms. The van der Waals surface area contributed by atoms with Gasteiger partial charge in [0.25, 0.3) is 0 Å². The lowest BCUT2D eigenvalue weighted by Gasteiger charge is -2.04. The van der Waals surface area contributed by atoms with E-state index in [4.69, 9.17) is 15.6 Å². The van der Waals surface area contributed by atoms with Crippen LogP contribution in [0.25, 0.3) is 0 Å². The monoisotopic (exact) mass is 211 g/mol. The Morgan fingerprint density at radius 1 is 1.43 bits per heavy atom. The van der Waals surface area contributed by atoms with Crippen molar-refractivity contribution in [1.29, 1.82) is 0 Å². The molecule has 0 aliphatic carbocycles. The van der Waals surface area contributed by atoms with Gasteiger partial charge in [0.15, 0.2) is 0 Å². The summed E-state index contributed by atoms with van der Waals surface area (Å²) in [5.74, 6) is -0.423. The highest BCUT2D eigenvalue weighted by atomic mass is 32.1. The van der Waals surface area contributed by atoms with Crippen LogP contribution in [0.4, 0.5) is 0 Å². The topological polar surface area (TPSA) is 72.5 Å². The summed E-state index contributed by atoms with van der Waals surface area (Å²) in [5.41, 5.74) is 5.45. The average molecular weight is 211 g/mol. The second-order valence-corrected chi connectivity index (χ2v) is 3.11. The van der Waals surface area contributed by atoms with Crippen LogP contribution in [-0.2, 0) is 0 Å². The van der Waals surface area contributed by atoms with Crippen LogP contribution in [0.3, 0.4) is 0 Å². The Bertz CT molecular complexity index is 348. The molecule has 0 aromatic heterocycles. The van der Waals surface area contributed by atoms with Crippen molar-refractivity contribution in [2.75, 3.05) is 6.61 Å². The van der Waals surface area contributed by atoms with Gasteiger partial charge in [-0.25, -0.2) is 4.79 Å². The van der Waals surface area contributed by atoms with Crippen LogP contribution in [0.15, 0.2) is 24.3 Å². The molecule has 3 N–H and O–H groups in total. The van der Waals surface area contributed by atoms with Crippen molar-refractivity contribution >= 4 is 23.2 Å². The fourth-order valence-corrected chi connectivity index (χ4v) is 0.907. The molecule has 1 rings (SSSR count). The second-order valence-electron chi connectivity index (χ2n) is 2.58. The third-order valence-electron chi connectivity index (χ3n) is 1.48. The summed E-state index contributed by atoms with van der Waals surface area (Å²) in [6.45, 7) is 0.155. The largest absolute Gasteiger partial charge is 0.487 e. The lowest BCUT2D eigenvalue weighted by molar-refractivity contribution is 0.0697. The number of ether oxygens (including phenoxy) is 1. The van der Waals surface area contributed by atoms with E-state index in [-0.39, 0.29) is 17.2 Å². The third kappa shape index (κ3) is 3.02. The first kappa shape index (κ1) is 10.5. The number of carbonyl (C=O) groups is 1. The van der Waals surface area contributed by atoms with Gasteiger partial charge in [-0.3, -0.25) is 0 Å². The molecule has 0 saturated heterocycles. The number of aromatic carboxylic acids is 1. The quantitative estimate of drug-likeness (QED) is 0.728. The van der Waals surface area contributed by atoms with Crippen LogP contribution < -0.4 is 10.5 Å². The molecule has 0 aliphatic heterocycles. The molecule has 0 bridgehead atoms. The zero-order valence-corrected chi connectivity index (χ0v) is 8.08. The van der Waals surface area contributed by atoms with E-state index >= 15 is 0 Å². The highest BCUT2D eigenvalue weighted by molar-refractivity contribution is 7.80.